The highest BCUT2D eigenvalue weighted by Crippen LogP contribution is 2.41. The van der Waals surface area contributed by atoms with Gasteiger partial charge in [-0.05, 0) is 106 Å². The van der Waals surface area contributed by atoms with Crippen molar-refractivity contribution >= 4 is 38.2 Å². The first-order valence-corrected chi connectivity index (χ1v) is 13.1. The number of amides is 1. The topological polar surface area (TPSA) is 51.2 Å². The lowest BCUT2D eigenvalue weighted by atomic mass is 9.89. The highest BCUT2D eigenvalue weighted by Gasteiger charge is 2.30. The molecule has 204 valence electrons. The summed E-state index contributed by atoms with van der Waals surface area (Å²) in [6.07, 6.45) is -2.75. The lowest BCUT2D eigenvalue weighted by Crippen LogP contribution is -2.27. The van der Waals surface area contributed by atoms with Crippen LogP contribution in [0.2, 0.25) is 0 Å². The molecule has 5 aromatic carbocycles. The molecular formula is C34H25F3N2O2. The molecule has 0 fully saturated rings. The molecule has 0 saturated heterocycles. The third-order valence-electron chi connectivity index (χ3n) is 7.37. The molecule has 6 aromatic rings. The second-order valence-corrected chi connectivity index (χ2v) is 9.97. The molecule has 0 aliphatic rings. The van der Waals surface area contributed by atoms with E-state index in [0.717, 1.165) is 55.7 Å². The number of carbonyl (C=O) groups is 1. The van der Waals surface area contributed by atoms with Gasteiger partial charge in [-0.1, -0.05) is 36.4 Å². The van der Waals surface area contributed by atoms with Gasteiger partial charge in [0.1, 0.15) is 5.75 Å². The fourth-order valence-electron chi connectivity index (χ4n) is 5.31. The number of nitrogens with zero attached hydrogens (tertiary/aromatic N) is 1. The summed E-state index contributed by atoms with van der Waals surface area (Å²) < 4.78 is 45.6. The van der Waals surface area contributed by atoms with Crippen molar-refractivity contribution in [2.75, 3.05) is 7.11 Å². The SMILES string of the molecule is COc1cccc2cc3cc4cc(C(=O)N[C@H](C)c5ccccn5)ccc4c(-c4ccc(C(F)(F)F)cc4)c3cc12. The Hall–Kier alpha value is -4.91. The number of benzene rings is 5. The first-order chi connectivity index (χ1) is 19.7. The molecule has 1 N–H and O–H groups in total. The van der Waals surface area contributed by atoms with Crippen molar-refractivity contribution in [3.63, 3.8) is 0 Å². The molecule has 0 aliphatic carbocycles. The predicted molar refractivity (Wildman–Crippen MR) is 156 cm³/mol. The molecule has 0 aliphatic heterocycles. The number of nitrogens with one attached hydrogen (secondary N) is 1. The van der Waals surface area contributed by atoms with Crippen LogP contribution < -0.4 is 10.1 Å². The van der Waals surface area contributed by atoms with Gasteiger partial charge in [0.2, 0.25) is 0 Å². The van der Waals surface area contributed by atoms with E-state index in [1.165, 1.54) is 12.1 Å². The van der Waals surface area contributed by atoms with E-state index in [9.17, 15) is 18.0 Å². The number of fused-ring (bicyclic) bond motifs is 3. The summed E-state index contributed by atoms with van der Waals surface area (Å²) in [6.45, 7) is 1.87. The van der Waals surface area contributed by atoms with E-state index in [1.54, 1.807) is 19.4 Å². The van der Waals surface area contributed by atoms with Crippen LogP contribution in [0.3, 0.4) is 0 Å². The fourth-order valence-corrected chi connectivity index (χ4v) is 5.31. The molecule has 1 aromatic heterocycles. The molecule has 7 heteroatoms. The number of methoxy groups -OCH3 is 1. The highest BCUT2D eigenvalue weighted by atomic mass is 19.4. The van der Waals surface area contributed by atoms with Gasteiger partial charge in [-0.3, -0.25) is 9.78 Å². The Morgan fingerprint density at radius 2 is 1.56 bits per heavy atom. The van der Waals surface area contributed by atoms with Gasteiger partial charge in [-0.2, -0.15) is 13.2 Å². The number of alkyl halides is 3. The number of pyridine rings is 1. The van der Waals surface area contributed by atoms with Crippen molar-refractivity contribution < 1.29 is 22.7 Å². The zero-order valence-corrected chi connectivity index (χ0v) is 22.3. The van der Waals surface area contributed by atoms with Gasteiger partial charge in [-0.15, -0.1) is 0 Å². The zero-order valence-electron chi connectivity index (χ0n) is 22.3. The molecule has 0 unspecified atom stereocenters. The van der Waals surface area contributed by atoms with E-state index in [4.69, 9.17) is 4.74 Å². The maximum atomic E-state index is 13.3. The molecule has 41 heavy (non-hydrogen) atoms. The van der Waals surface area contributed by atoms with Crippen molar-refractivity contribution in [2.45, 2.75) is 19.1 Å². The molecule has 1 atom stereocenters. The van der Waals surface area contributed by atoms with Gasteiger partial charge in [0, 0.05) is 17.1 Å². The molecule has 1 amide bonds. The van der Waals surface area contributed by atoms with Crippen LogP contribution in [0.25, 0.3) is 43.4 Å². The van der Waals surface area contributed by atoms with Crippen LogP contribution in [-0.2, 0) is 6.18 Å². The summed E-state index contributed by atoms with van der Waals surface area (Å²) in [5, 5.41) is 8.24. The maximum absolute atomic E-state index is 13.3. The van der Waals surface area contributed by atoms with Crippen molar-refractivity contribution in [3.05, 3.63) is 120 Å². The second kappa shape index (κ2) is 10.2. The normalized spacial score (nSPS) is 12.5. The molecular weight excluding hydrogens is 525 g/mol. The quantitative estimate of drug-likeness (QED) is 0.218. The minimum absolute atomic E-state index is 0.246. The van der Waals surface area contributed by atoms with Gasteiger partial charge >= 0.3 is 6.18 Å². The first kappa shape index (κ1) is 26.3. The Morgan fingerprint density at radius 3 is 2.27 bits per heavy atom. The first-order valence-electron chi connectivity index (χ1n) is 13.1. The summed E-state index contributed by atoms with van der Waals surface area (Å²) in [7, 11) is 1.61. The van der Waals surface area contributed by atoms with E-state index in [-0.39, 0.29) is 11.9 Å². The summed E-state index contributed by atoms with van der Waals surface area (Å²) in [6, 6.07) is 27.7. The zero-order chi connectivity index (χ0) is 28.7. The van der Waals surface area contributed by atoms with Crippen LogP contribution in [0.4, 0.5) is 13.2 Å². The summed E-state index contributed by atoms with van der Waals surface area (Å²) in [5.74, 6) is 0.460. The van der Waals surface area contributed by atoms with Crippen molar-refractivity contribution in [3.8, 4) is 16.9 Å². The highest BCUT2D eigenvalue weighted by molar-refractivity contribution is 6.17. The Kier molecular flexibility index (Phi) is 6.58. The number of rotatable bonds is 5. The minimum Gasteiger partial charge on any atom is -0.496 e. The van der Waals surface area contributed by atoms with Crippen molar-refractivity contribution in [1.29, 1.82) is 0 Å². The lowest BCUT2D eigenvalue weighted by Gasteiger charge is -2.17. The smallest absolute Gasteiger partial charge is 0.416 e. The summed E-state index contributed by atoms with van der Waals surface area (Å²) in [5.41, 5.74) is 1.94. The number of hydrogen-bond donors (Lipinski definition) is 1. The van der Waals surface area contributed by atoms with Gasteiger partial charge in [-0.25, -0.2) is 0 Å². The van der Waals surface area contributed by atoms with Gasteiger partial charge in [0.15, 0.2) is 0 Å². The van der Waals surface area contributed by atoms with E-state index in [2.05, 4.69) is 10.3 Å². The molecule has 4 nitrogen and oxygen atoms in total. The van der Waals surface area contributed by atoms with Gasteiger partial charge in [0.25, 0.3) is 5.91 Å². The van der Waals surface area contributed by atoms with Crippen molar-refractivity contribution in [2.24, 2.45) is 0 Å². The Balaban J connectivity index is 1.53. The van der Waals surface area contributed by atoms with Crippen LogP contribution in [0.1, 0.15) is 34.6 Å². The largest absolute Gasteiger partial charge is 0.496 e. The lowest BCUT2D eigenvalue weighted by molar-refractivity contribution is -0.137. The molecule has 0 bridgehead atoms. The van der Waals surface area contributed by atoms with Crippen LogP contribution in [0.5, 0.6) is 5.75 Å². The third kappa shape index (κ3) is 4.95. The van der Waals surface area contributed by atoms with E-state index in [0.29, 0.717) is 16.9 Å². The number of halogens is 3. The summed E-state index contributed by atoms with van der Waals surface area (Å²) >= 11 is 0. The van der Waals surface area contributed by atoms with Gasteiger partial charge < -0.3 is 10.1 Å². The monoisotopic (exact) mass is 550 g/mol. The Labute approximate surface area is 234 Å². The maximum Gasteiger partial charge on any atom is 0.416 e. The molecule has 0 saturated carbocycles. The second-order valence-electron chi connectivity index (χ2n) is 9.97. The van der Waals surface area contributed by atoms with Crippen LogP contribution >= 0.6 is 0 Å². The number of ether oxygens (including phenoxy) is 1. The van der Waals surface area contributed by atoms with Crippen molar-refractivity contribution in [1.82, 2.24) is 10.3 Å². The third-order valence-corrected chi connectivity index (χ3v) is 7.37. The molecule has 6 rings (SSSR count). The number of aromatic nitrogens is 1. The molecule has 0 radical (unpaired) electrons. The minimum atomic E-state index is -4.43. The molecule has 0 spiro atoms. The van der Waals surface area contributed by atoms with E-state index < -0.39 is 11.7 Å². The number of carbonyl (C=O) groups excluding carboxylic acids is 1. The standard InChI is InChI=1S/C34H25F3N2O2/c1-20(30-7-3-4-15-38-30)39-33(40)23-11-14-27-24(17-23)18-25-16-22-6-5-8-31(41-2)28(22)19-29(25)32(27)21-9-12-26(13-10-21)34(35,36)37/h3-20H,1-2H3,(H,39,40)/t20-/m1/s1. The molecule has 1 heterocycles. The van der Waals surface area contributed by atoms with Crippen LogP contribution in [0, 0.1) is 0 Å². The summed E-state index contributed by atoms with van der Waals surface area (Å²) in [4.78, 5) is 17.5. The Bertz CT molecular complexity index is 1920. The van der Waals surface area contributed by atoms with Gasteiger partial charge in [0.05, 0.1) is 24.4 Å². The van der Waals surface area contributed by atoms with E-state index >= 15 is 0 Å². The average molecular weight is 551 g/mol. The van der Waals surface area contributed by atoms with E-state index in [1.807, 2.05) is 73.7 Å². The Morgan fingerprint density at radius 1 is 0.805 bits per heavy atom. The average Bonchev–Trinajstić information content (AvgIpc) is 2.98. The van der Waals surface area contributed by atoms with Crippen LogP contribution in [-0.4, -0.2) is 18.0 Å². The number of hydrogen-bond acceptors (Lipinski definition) is 3. The fraction of sp³-hybridized carbons (Fsp3) is 0.118. The van der Waals surface area contributed by atoms with Crippen LogP contribution in [0.15, 0.2) is 103 Å². The predicted octanol–water partition coefficient (Wildman–Crippen LogP) is 8.73.